The van der Waals surface area contributed by atoms with Crippen molar-refractivity contribution < 1.29 is 4.74 Å². The standard InChI is InChI=1S/C15H28N4O/c1-7-11(10-20-6)17-13-9-12(16-8-2)18-14(19-13)15(3,4)5/h9,11H,7-8,10H2,1-6H3,(H2,16,17,18,19). The highest BCUT2D eigenvalue weighted by atomic mass is 16.5. The summed E-state index contributed by atoms with van der Waals surface area (Å²) < 4.78 is 5.22. The van der Waals surface area contributed by atoms with Gasteiger partial charge in [0.05, 0.1) is 12.6 Å². The van der Waals surface area contributed by atoms with E-state index in [1.165, 1.54) is 0 Å². The molecule has 20 heavy (non-hydrogen) atoms. The first-order valence-corrected chi connectivity index (χ1v) is 7.29. The molecule has 2 N–H and O–H groups in total. The highest BCUT2D eigenvalue weighted by Crippen LogP contribution is 2.22. The zero-order chi connectivity index (χ0) is 15.2. The van der Waals surface area contributed by atoms with E-state index in [0.29, 0.717) is 6.61 Å². The van der Waals surface area contributed by atoms with Crippen molar-refractivity contribution in [3.8, 4) is 0 Å². The van der Waals surface area contributed by atoms with Crippen LogP contribution in [0.25, 0.3) is 0 Å². The molecule has 1 aromatic heterocycles. The molecular weight excluding hydrogens is 252 g/mol. The lowest BCUT2D eigenvalue weighted by molar-refractivity contribution is 0.184. The Balaban J connectivity index is 3.02. The maximum absolute atomic E-state index is 5.22. The molecule has 0 amide bonds. The minimum Gasteiger partial charge on any atom is -0.383 e. The third-order valence-electron chi connectivity index (χ3n) is 2.97. The number of ether oxygens (including phenoxy) is 1. The molecule has 5 heteroatoms. The van der Waals surface area contributed by atoms with Gasteiger partial charge in [-0.2, -0.15) is 0 Å². The summed E-state index contributed by atoms with van der Waals surface area (Å²) in [5.41, 5.74) is -0.0785. The first-order valence-electron chi connectivity index (χ1n) is 7.29. The van der Waals surface area contributed by atoms with E-state index in [1.807, 2.05) is 6.07 Å². The molecule has 0 aliphatic rings. The largest absolute Gasteiger partial charge is 0.383 e. The fraction of sp³-hybridized carbons (Fsp3) is 0.733. The van der Waals surface area contributed by atoms with Crippen molar-refractivity contribution in [3.63, 3.8) is 0 Å². The van der Waals surface area contributed by atoms with E-state index in [-0.39, 0.29) is 11.5 Å². The van der Waals surface area contributed by atoms with Crippen LogP contribution in [0.15, 0.2) is 6.07 Å². The van der Waals surface area contributed by atoms with E-state index >= 15 is 0 Å². The number of nitrogens with one attached hydrogen (secondary N) is 2. The number of methoxy groups -OCH3 is 1. The van der Waals surface area contributed by atoms with Crippen molar-refractivity contribution in [1.82, 2.24) is 9.97 Å². The fourth-order valence-corrected chi connectivity index (χ4v) is 1.80. The van der Waals surface area contributed by atoms with Gasteiger partial charge in [0.25, 0.3) is 0 Å². The van der Waals surface area contributed by atoms with Gasteiger partial charge >= 0.3 is 0 Å². The van der Waals surface area contributed by atoms with Gasteiger partial charge in [0, 0.05) is 25.1 Å². The van der Waals surface area contributed by atoms with E-state index < -0.39 is 0 Å². The average molecular weight is 280 g/mol. The smallest absolute Gasteiger partial charge is 0.138 e. The lowest BCUT2D eigenvalue weighted by Crippen LogP contribution is -2.26. The summed E-state index contributed by atoms with van der Waals surface area (Å²) in [7, 11) is 1.72. The van der Waals surface area contributed by atoms with Crippen molar-refractivity contribution >= 4 is 11.6 Å². The van der Waals surface area contributed by atoms with Crippen LogP contribution < -0.4 is 10.6 Å². The Kier molecular flexibility index (Phi) is 6.20. The molecule has 0 bridgehead atoms. The summed E-state index contributed by atoms with van der Waals surface area (Å²) in [6.45, 7) is 12.1. The number of rotatable bonds is 7. The summed E-state index contributed by atoms with van der Waals surface area (Å²) in [5.74, 6) is 2.55. The molecule has 1 heterocycles. The van der Waals surface area contributed by atoms with Gasteiger partial charge in [-0.25, -0.2) is 9.97 Å². The summed E-state index contributed by atoms with van der Waals surface area (Å²) in [6.07, 6.45) is 0.985. The molecule has 1 rings (SSSR count). The van der Waals surface area contributed by atoms with Gasteiger partial charge in [-0.15, -0.1) is 0 Å². The van der Waals surface area contributed by atoms with Gasteiger partial charge in [-0.1, -0.05) is 27.7 Å². The summed E-state index contributed by atoms with van der Waals surface area (Å²) >= 11 is 0. The molecule has 114 valence electrons. The second-order valence-electron chi connectivity index (χ2n) is 5.95. The maximum Gasteiger partial charge on any atom is 0.138 e. The van der Waals surface area contributed by atoms with Crippen LogP contribution in [0.3, 0.4) is 0 Å². The van der Waals surface area contributed by atoms with Crippen LogP contribution >= 0.6 is 0 Å². The van der Waals surface area contributed by atoms with Gasteiger partial charge in [0.15, 0.2) is 0 Å². The number of nitrogens with zero attached hydrogens (tertiary/aromatic N) is 2. The first kappa shape index (κ1) is 16.7. The van der Waals surface area contributed by atoms with Gasteiger partial charge in [0.2, 0.25) is 0 Å². The number of aromatic nitrogens is 2. The van der Waals surface area contributed by atoms with Crippen LogP contribution in [0.2, 0.25) is 0 Å². The molecular formula is C15H28N4O. The van der Waals surface area contributed by atoms with Crippen molar-refractivity contribution in [2.24, 2.45) is 0 Å². The topological polar surface area (TPSA) is 59.1 Å². The molecule has 0 saturated heterocycles. The van der Waals surface area contributed by atoms with Gasteiger partial charge in [-0.05, 0) is 13.3 Å². The number of hydrogen-bond donors (Lipinski definition) is 2. The lowest BCUT2D eigenvalue weighted by atomic mass is 9.96. The van der Waals surface area contributed by atoms with Crippen LogP contribution in [0.4, 0.5) is 11.6 Å². The molecule has 1 aromatic rings. The predicted octanol–water partition coefficient (Wildman–Crippen LogP) is 3.04. The normalized spacial score (nSPS) is 13.1. The van der Waals surface area contributed by atoms with Crippen LogP contribution in [-0.4, -0.2) is 36.3 Å². The summed E-state index contributed by atoms with van der Waals surface area (Å²) in [5, 5.41) is 6.69. The monoisotopic (exact) mass is 280 g/mol. The molecule has 1 atom stereocenters. The maximum atomic E-state index is 5.22. The second-order valence-corrected chi connectivity index (χ2v) is 5.95. The average Bonchev–Trinajstić information content (AvgIpc) is 2.37. The second kappa shape index (κ2) is 7.43. The van der Waals surface area contributed by atoms with Gasteiger partial charge in [0.1, 0.15) is 17.5 Å². The van der Waals surface area contributed by atoms with Gasteiger partial charge < -0.3 is 15.4 Å². The van der Waals surface area contributed by atoms with E-state index in [1.54, 1.807) is 7.11 Å². The van der Waals surface area contributed by atoms with E-state index in [2.05, 4.69) is 55.2 Å². The van der Waals surface area contributed by atoms with E-state index in [9.17, 15) is 0 Å². The molecule has 1 unspecified atom stereocenters. The third-order valence-corrected chi connectivity index (χ3v) is 2.97. The quantitative estimate of drug-likeness (QED) is 0.804. The van der Waals surface area contributed by atoms with Crippen molar-refractivity contribution in [2.45, 2.75) is 52.5 Å². The molecule has 0 aliphatic carbocycles. The molecule has 0 aromatic carbocycles. The molecule has 0 aliphatic heterocycles. The number of anilines is 2. The zero-order valence-electron chi connectivity index (χ0n) is 13.6. The minimum atomic E-state index is -0.0785. The highest BCUT2D eigenvalue weighted by Gasteiger charge is 2.19. The summed E-state index contributed by atoms with van der Waals surface area (Å²) in [6, 6.07) is 2.22. The predicted molar refractivity (Wildman–Crippen MR) is 84.5 cm³/mol. The molecule has 0 radical (unpaired) electrons. The van der Waals surface area contributed by atoms with Crippen molar-refractivity contribution in [1.29, 1.82) is 0 Å². The Bertz CT molecular complexity index is 415. The minimum absolute atomic E-state index is 0.0785. The Morgan fingerprint density at radius 2 is 1.85 bits per heavy atom. The van der Waals surface area contributed by atoms with Crippen LogP contribution in [-0.2, 0) is 10.2 Å². The Labute approximate surface area is 122 Å². The zero-order valence-corrected chi connectivity index (χ0v) is 13.6. The lowest BCUT2D eigenvalue weighted by Gasteiger charge is -2.21. The molecule has 0 fully saturated rings. The van der Waals surface area contributed by atoms with Crippen LogP contribution in [0.1, 0.15) is 46.9 Å². The third kappa shape index (κ3) is 4.96. The summed E-state index contributed by atoms with van der Waals surface area (Å²) in [4.78, 5) is 9.22. The number of hydrogen-bond acceptors (Lipinski definition) is 5. The van der Waals surface area contributed by atoms with E-state index in [4.69, 9.17) is 4.74 Å². The first-order chi connectivity index (χ1) is 9.40. The Hall–Kier alpha value is -1.36. The van der Waals surface area contributed by atoms with Crippen molar-refractivity contribution in [3.05, 3.63) is 11.9 Å². The van der Waals surface area contributed by atoms with E-state index in [0.717, 1.165) is 30.4 Å². The van der Waals surface area contributed by atoms with Crippen LogP contribution in [0.5, 0.6) is 0 Å². The highest BCUT2D eigenvalue weighted by molar-refractivity contribution is 5.48. The Morgan fingerprint density at radius 3 is 2.35 bits per heavy atom. The fourth-order valence-electron chi connectivity index (χ4n) is 1.80. The molecule has 0 saturated carbocycles. The van der Waals surface area contributed by atoms with Crippen LogP contribution in [0, 0.1) is 0 Å². The SMILES string of the molecule is CCNc1cc(NC(CC)COC)nc(C(C)(C)C)n1. The molecule has 0 spiro atoms. The Morgan fingerprint density at radius 1 is 1.20 bits per heavy atom. The van der Waals surface area contributed by atoms with Gasteiger partial charge in [-0.3, -0.25) is 0 Å². The molecule has 5 nitrogen and oxygen atoms in total. The van der Waals surface area contributed by atoms with Crippen molar-refractivity contribution in [2.75, 3.05) is 30.9 Å².